The molecule has 0 unspecified atom stereocenters. The van der Waals surface area contributed by atoms with Crippen LogP contribution in [-0.4, -0.2) is 5.91 Å². The highest BCUT2D eigenvalue weighted by Gasteiger charge is 2.00. The molecule has 0 aromatic heterocycles. The van der Waals surface area contributed by atoms with Crippen molar-refractivity contribution in [1.82, 2.24) is 0 Å². The molecule has 0 aromatic rings. The summed E-state index contributed by atoms with van der Waals surface area (Å²) in [5.74, 6) is -0.465. The van der Waals surface area contributed by atoms with E-state index in [0.717, 1.165) is 5.57 Å². The van der Waals surface area contributed by atoms with E-state index < -0.39 is 5.91 Å². The second-order valence-corrected chi connectivity index (χ2v) is 1.87. The molecular weight excluding hydrogens is 150 g/mol. The Morgan fingerprint density at radius 1 is 1.25 bits per heavy atom. The van der Waals surface area contributed by atoms with Crippen molar-refractivity contribution in [3.05, 3.63) is 36.5 Å². The zero-order chi connectivity index (χ0) is 10.1. The lowest BCUT2D eigenvalue weighted by Gasteiger charge is -1.97. The second kappa shape index (κ2) is 7.79. The van der Waals surface area contributed by atoms with Crippen molar-refractivity contribution in [3.8, 4) is 0 Å². The van der Waals surface area contributed by atoms with Crippen LogP contribution in [0.3, 0.4) is 0 Å². The second-order valence-electron chi connectivity index (χ2n) is 1.87. The van der Waals surface area contributed by atoms with Gasteiger partial charge in [0, 0.05) is 5.57 Å². The van der Waals surface area contributed by atoms with E-state index in [4.69, 9.17) is 5.73 Å². The van der Waals surface area contributed by atoms with Gasteiger partial charge in [-0.05, 0) is 12.5 Å². The monoisotopic (exact) mass is 167 g/mol. The normalized spacial score (nSPS) is 10.2. The van der Waals surface area contributed by atoms with Crippen LogP contribution in [0, 0.1) is 0 Å². The van der Waals surface area contributed by atoms with Gasteiger partial charge in [-0.2, -0.15) is 0 Å². The zero-order valence-corrected chi connectivity index (χ0v) is 8.05. The van der Waals surface area contributed by atoms with Gasteiger partial charge in [0.25, 0.3) is 0 Å². The number of carbonyl (C=O) groups excluding carboxylic acids is 1. The first-order valence-electron chi connectivity index (χ1n) is 3.89. The number of rotatable bonds is 3. The van der Waals surface area contributed by atoms with Crippen LogP contribution in [0.15, 0.2) is 36.5 Å². The number of primary amides is 1. The number of allylic oxidation sites excluding steroid dienone is 2. The highest BCUT2D eigenvalue weighted by molar-refractivity contribution is 5.95. The number of hydrogen-bond donors (Lipinski definition) is 1. The minimum Gasteiger partial charge on any atom is -0.366 e. The standard InChI is InChI=1S/C8H11NO.C2H6/c1-4-6(3)7(5-2)8(9)10;1-2/h4-5H,1-2H2,3H3,(H2,9,10);1-2H3/b7-6+;. The van der Waals surface area contributed by atoms with E-state index in [9.17, 15) is 4.79 Å². The average Bonchev–Trinajstić information content (AvgIpc) is 2.08. The predicted octanol–water partition coefficient (Wildman–Crippen LogP) is 2.19. The number of nitrogens with two attached hydrogens (primary N) is 1. The maximum atomic E-state index is 10.6. The topological polar surface area (TPSA) is 43.1 Å². The molecule has 1 amide bonds. The third-order valence-electron chi connectivity index (χ3n) is 1.20. The predicted molar refractivity (Wildman–Crippen MR) is 53.6 cm³/mol. The Kier molecular flexibility index (Phi) is 8.63. The van der Waals surface area contributed by atoms with Gasteiger partial charge in [0.15, 0.2) is 0 Å². The molecule has 0 bridgehead atoms. The minimum atomic E-state index is -0.465. The van der Waals surface area contributed by atoms with Gasteiger partial charge < -0.3 is 5.73 Å². The van der Waals surface area contributed by atoms with Crippen LogP contribution < -0.4 is 5.73 Å². The fourth-order valence-electron chi connectivity index (χ4n) is 0.566. The smallest absolute Gasteiger partial charge is 0.248 e. The van der Waals surface area contributed by atoms with Gasteiger partial charge >= 0.3 is 0 Å². The SMILES string of the molecule is C=C/C(C)=C(\C=C)C(N)=O.CC. The Morgan fingerprint density at radius 3 is 1.75 bits per heavy atom. The van der Waals surface area contributed by atoms with Crippen LogP contribution in [0.4, 0.5) is 0 Å². The van der Waals surface area contributed by atoms with Crippen LogP contribution >= 0.6 is 0 Å². The fourth-order valence-corrected chi connectivity index (χ4v) is 0.566. The van der Waals surface area contributed by atoms with E-state index in [1.165, 1.54) is 6.08 Å². The van der Waals surface area contributed by atoms with Crippen molar-refractivity contribution in [2.45, 2.75) is 20.8 Å². The Balaban J connectivity index is 0. The molecule has 0 aromatic carbocycles. The van der Waals surface area contributed by atoms with Crippen LogP contribution in [0.25, 0.3) is 0 Å². The van der Waals surface area contributed by atoms with E-state index in [1.807, 2.05) is 13.8 Å². The molecule has 0 radical (unpaired) electrons. The summed E-state index contributed by atoms with van der Waals surface area (Å²) in [6.07, 6.45) is 3.00. The quantitative estimate of drug-likeness (QED) is 0.508. The molecule has 2 heteroatoms. The summed E-state index contributed by atoms with van der Waals surface area (Å²) in [6.45, 7) is 12.7. The molecular formula is C10H17NO. The molecule has 0 aliphatic rings. The van der Waals surface area contributed by atoms with Crippen molar-refractivity contribution in [2.75, 3.05) is 0 Å². The summed E-state index contributed by atoms with van der Waals surface area (Å²) in [5.41, 5.74) is 6.19. The first kappa shape index (κ1) is 13.3. The van der Waals surface area contributed by atoms with Crippen LogP contribution in [0.1, 0.15) is 20.8 Å². The van der Waals surface area contributed by atoms with Crippen molar-refractivity contribution in [3.63, 3.8) is 0 Å². The molecule has 0 rings (SSSR count). The van der Waals surface area contributed by atoms with E-state index in [1.54, 1.807) is 13.0 Å². The van der Waals surface area contributed by atoms with Crippen LogP contribution in [0.5, 0.6) is 0 Å². The lowest BCUT2D eigenvalue weighted by atomic mass is 10.1. The van der Waals surface area contributed by atoms with Gasteiger partial charge in [0.05, 0.1) is 0 Å². The molecule has 12 heavy (non-hydrogen) atoms. The van der Waals surface area contributed by atoms with E-state index in [-0.39, 0.29) is 0 Å². The third kappa shape index (κ3) is 4.50. The molecule has 0 fully saturated rings. The van der Waals surface area contributed by atoms with Gasteiger partial charge in [-0.1, -0.05) is 39.2 Å². The lowest BCUT2D eigenvalue weighted by molar-refractivity contribution is -0.114. The van der Waals surface area contributed by atoms with Gasteiger partial charge in [0.2, 0.25) is 5.91 Å². The van der Waals surface area contributed by atoms with Crippen molar-refractivity contribution in [2.24, 2.45) is 5.73 Å². The van der Waals surface area contributed by atoms with Crippen LogP contribution in [-0.2, 0) is 4.79 Å². The average molecular weight is 167 g/mol. The first-order chi connectivity index (χ1) is 5.63. The largest absolute Gasteiger partial charge is 0.366 e. The van der Waals surface area contributed by atoms with Crippen LogP contribution in [0.2, 0.25) is 0 Å². The summed E-state index contributed by atoms with van der Waals surface area (Å²) < 4.78 is 0. The Labute approximate surface area is 74.5 Å². The molecule has 2 N–H and O–H groups in total. The molecule has 0 spiro atoms. The van der Waals surface area contributed by atoms with Crippen molar-refractivity contribution >= 4 is 5.91 Å². The van der Waals surface area contributed by atoms with Crippen molar-refractivity contribution < 1.29 is 4.79 Å². The number of hydrogen-bond acceptors (Lipinski definition) is 1. The van der Waals surface area contributed by atoms with Gasteiger partial charge in [-0.15, -0.1) is 0 Å². The highest BCUT2D eigenvalue weighted by atomic mass is 16.1. The summed E-state index contributed by atoms with van der Waals surface area (Å²) in [6, 6.07) is 0. The third-order valence-corrected chi connectivity index (χ3v) is 1.20. The molecule has 0 atom stereocenters. The molecule has 68 valence electrons. The summed E-state index contributed by atoms with van der Waals surface area (Å²) in [7, 11) is 0. The lowest BCUT2D eigenvalue weighted by Crippen LogP contribution is -2.13. The molecule has 0 aliphatic carbocycles. The summed E-state index contributed by atoms with van der Waals surface area (Å²) in [4.78, 5) is 10.6. The molecule has 0 saturated carbocycles. The van der Waals surface area contributed by atoms with Crippen molar-refractivity contribution in [1.29, 1.82) is 0 Å². The first-order valence-corrected chi connectivity index (χ1v) is 3.89. The minimum absolute atomic E-state index is 0.426. The Bertz CT molecular complexity index is 202. The van der Waals surface area contributed by atoms with Gasteiger partial charge in [-0.25, -0.2) is 0 Å². The van der Waals surface area contributed by atoms with E-state index in [0.29, 0.717) is 5.57 Å². The van der Waals surface area contributed by atoms with Gasteiger partial charge in [-0.3, -0.25) is 4.79 Å². The summed E-state index contributed by atoms with van der Waals surface area (Å²) >= 11 is 0. The number of amides is 1. The van der Waals surface area contributed by atoms with Gasteiger partial charge in [0.1, 0.15) is 0 Å². The summed E-state index contributed by atoms with van der Waals surface area (Å²) in [5, 5.41) is 0. The maximum absolute atomic E-state index is 10.6. The number of carbonyl (C=O) groups is 1. The molecule has 0 saturated heterocycles. The Hall–Kier alpha value is -1.31. The molecule has 0 heterocycles. The maximum Gasteiger partial charge on any atom is 0.248 e. The molecule has 0 aliphatic heterocycles. The van der Waals surface area contributed by atoms with E-state index in [2.05, 4.69) is 13.2 Å². The zero-order valence-electron chi connectivity index (χ0n) is 8.05. The molecule has 2 nitrogen and oxygen atoms in total. The highest BCUT2D eigenvalue weighted by Crippen LogP contribution is 2.04. The fraction of sp³-hybridized carbons (Fsp3) is 0.300. The van der Waals surface area contributed by atoms with E-state index >= 15 is 0 Å². The Morgan fingerprint density at radius 2 is 1.67 bits per heavy atom.